The molecule has 0 atom stereocenters. The highest BCUT2D eigenvalue weighted by molar-refractivity contribution is 9.10. The molecule has 0 saturated carbocycles. The van der Waals surface area contributed by atoms with Crippen LogP contribution >= 0.6 is 15.9 Å². The van der Waals surface area contributed by atoms with Gasteiger partial charge in [0.25, 0.3) is 0 Å². The van der Waals surface area contributed by atoms with Crippen LogP contribution in [-0.4, -0.2) is 31.1 Å². The van der Waals surface area contributed by atoms with Gasteiger partial charge in [0, 0.05) is 10.0 Å². The van der Waals surface area contributed by atoms with E-state index in [2.05, 4.69) is 26.5 Å². The van der Waals surface area contributed by atoms with Crippen molar-refractivity contribution in [1.29, 1.82) is 0 Å². The number of hydrogen-bond donors (Lipinski definition) is 1. The van der Waals surface area contributed by atoms with Gasteiger partial charge in [0.2, 0.25) is 5.91 Å². The topological polar surface area (TPSA) is 69.2 Å². The molecule has 7 heteroatoms. The van der Waals surface area contributed by atoms with Crippen LogP contribution in [0.2, 0.25) is 0 Å². The molecular formula is C20H21BrN2O4. The molecular weight excluding hydrogens is 412 g/mol. The summed E-state index contributed by atoms with van der Waals surface area (Å²) in [5.41, 5.74) is 4.33. The average Bonchev–Trinajstić information content (AvgIpc) is 3.08. The molecule has 0 spiro atoms. The van der Waals surface area contributed by atoms with Gasteiger partial charge in [0.15, 0.2) is 5.79 Å². The van der Waals surface area contributed by atoms with Crippen LogP contribution in [0.3, 0.4) is 0 Å². The zero-order valence-electron chi connectivity index (χ0n) is 15.0. The number of hydrazone groups is 1. The lowest BCUT2D eigenvalue weighted by Crippen LogP contribution is -2.33. The van der Waals surface area contributed by atoms with Crippen molar-refractivity contribution in [3.05, 3.63) is 64.1 Å². The fraction of sp³-hybridized carbons (Fsp3) is 0.300. The summed E-state index contributed by atoms with van der Waals surface area (Å²) in [7, 11) is 0. The van der Waals surface area contributed by atoms with Crippen LogP contribution in [-0.2, 0) is 20.9 Å². The molecule has 0 aromatic heterocycles. The Labute approximate surface area is 166 Å². The van der Waals surface area contributed by atoms with Crippen molar-refractivity contribution in [1.82, 2.24) is 5.43 Å². The molecule has 1 N–H and O–H groups in total. The maximum Gasteiger partial charge on any atom is 0.245 e. The number of nitrogens with zero attached hydrogens (tertiary/aromatic N) is 1. The number of ether oxygens (including phenoxy) is 3. The van der Waals surface area contributed by atoms with Gasteiger partial charge in [-0.2, -0.15) is 5.10 Å². The summed E-state index contributed by atoms with van der Waals surface area (Å²) in [6, 6.07) is 15.4. The smallest absolute Gasteiger partial charge is 0.245 e. The summed E-state index contributed by atoms with van der Waals surface area (Å²) in [5, 5.41) is 4.02. The molecule has 2 aromatic carbocycles. The van der Waals surface area contributed by atoms with E-state index in [9.17, 15) is 4.79 Å². The first-order chi connectivity index (χ1) is 13.0. The number of carbonyl (C=O) groups excluding carboxylic acids is 1. The van der Waals surface area contributed by atoms with E-state index in [4.69, 9.17) is 14.2 Å². The highest BCUT2D eigenvalue weighted by Gasteiger charge is 2.33. The van der Waals surface area contributed by atoms with Crippen LogP contribution in [0.4, 0.5) is 0 Å². The predicted octanol–water partition coefficient (Wildman–Crippen LogP) is 3.63. The molecule has 1 aliphatic rings. The zero-order chi connectivity index (χ0) is 19.1. The summed E-state index contributed by atoms with van der Waals surface area (Å²) in [6.45, 7) is 3.18. The Morgan fingerprint density at radius 1 is 1.22 bits per heavy atom. The summed E-state index contributed by atoms with van der Waals surface area (Å²) < 4.78 is 17.7. The van der Waals surface area contributed by atoms with Crippen molar-refractivity contribution < 1.29 is 19.0 Å². The van der Waals surface area contributed by atoms with E-state index in [0.717, 1.165) is 15.6 Å². The molecule has 0 aliphatic carbocycles. The quantitative estimate of drug-likeness (QED) is 0.535. The van der Waals surface area contributed by atoms with Gasteiger partial charge in [0.1, 0.15) is 12.4 Å². The molecule has 1 amide bonds. The van der Waals surface area contributed by atoms with Gasteiger partial charge in [-0.15, -0.1) is 0 Å². The first-order valence-electron chi connectivity index (χ1n) is 8.60. The first-order valence-corrected chi connectivity index (χ1v) is 9.39. The number of halogens is 1. The lowest BCUT2D eigenvalue weighted by molar-refractivity contribution is -0.159. The van der Waals surface area contributed by atoms with Crippen LogP contribution in [0.1, 0.15) is 24.5 Å². The molecule has 6 nitrogen and oxygen atoms in total. The molecule has 1 heterocycles. The minimum absolute atomic E-state index is 0.0893. The van der Waals surface area contributed by atoms with Gasteiger partial charge in [-0.3, -0.25) is 4.79 Å². The third kappa shape index (κ3) is 5.89. The van der Waals surface area contributed by atoms with Crippen molar-refractivity contribution in [2.75, 3.05) is 13.2 Å². The Bertz CT molecular complexity index is 802. The zero-order valence-corrected chi connectivity index (χ0v) is 16.6. The van der Waals surface area contributed by atoms with Crippen molar-refractivity contribution in [3.8, 4) is 5.75 Å². The van der Waals surface area contributed by atoms with Crippen molar-refractivity contribution in [2.24, 2.45) is 5.10 Å². The summed E-state index contributed by atoms with van der Waals surface area (Å²) in [4.78, 5) is 12.0. The Morgan fingerprint density at radius 3 is 2.67 bits per heavy atom. The second kappa shape index (κ2) is 9.12. The predicted molar refractivity (Wildman–Crippen MR) is 106 cm³/mol. The average molecular weight is 433 g/mol. The second-order valence-corrected chi connectivity index (χ2v) is 7.17. The van der Waals surface area contributed by atoms with Gasteiger partial charge in [-0.1, -0.05) is 40.2 Å². The maximum absolute atomic E-state index is 12.0. The Balaban J connectivity index is 1.55. The van der Waals surface area contributed by atoms with Crippen molar-refractivity contribution in [2.45, 2.75) is 25.7 Å². The minimum atomic E-state index is -0.870. The SMILES string of the molecule is CC1(CC(=O)N/N=C\c2ccccc2OCc2ccc(Br)cc2)OCCO1. The second-order valence-electron chi connectivity index (χ2n) is 6.25. The molecule has 142 valence electrons. The number of rotatable bonds is 7. The largest absolute Gasteiger partial charge is 0.488 e. The fourth-order valence-electron chi connectivity index (χ4n) is 2.62. The molecule has 1 aliphatic heterocycles. The van der Waals surface area contributed by atoms with E-state index in [1.807, 2.05) is 48.5 Å². The standard InChI is InChI=1S/C20H21BrN2O4/c1-20(26-10-11-27-20)12-19(24)23-22-13-16-4-2-3-5-18(16)25-14-15-6-8-17(21)9-7-15/h2-9,13H,10-12,14H2,1H3,(H,23,24)/b22-13-. The number of hydrogen-bond acceptors (Lipinski definition) is 5. The summed E-state index contributed by atoms with van der Waals surface area (Å²) in [6.07, 6.45) is 1.65. The van der Waals surface area contributed by atoms with Crippen LogP contribution in [0.25, 0.3) is 0 Å². The van der Waals surface area contributed by atoms with Gasteiger partial charge in [-0.25, -0.2) is 5.43 Å². The van der Waals surface area contributed by atoms with E-state index in [1.54, 1.807) is 13.1 Å². The molecule has 1 fully saturated rings. The van der Waals surface area contributed by atoms with Gasteiger partial charge in [0.05, 0.1) is 25.8 Å². The maximum atomic E-state index is 12.0. The third-order valence-corrected chi connectivity index (χ3v) is 4.53. The van der Waals surface area contributed by atoms with Crippen LogP contribution in [0.5, 0.6) is 5.75 Å². The van der Waals surface area contributed by atoms with Gasteiger partial charge in [-0.05, 0) is 36.8 Å². The Kier molecular flexibility index (Phi) is 6.60. The molecule has 1 saturated heterocycles. The van der Waals surface area contributed by atoms with E-state index in [0.29, 0.717) is 25.6 Å². The van der Waals surface area contributed by atoms with Gasteiger partial charge >= 0.3 is 0 Å². The molecule has 27 heavy (non-hydrogen) atoms. The van der Waals surface area contributed by atoms with Crippen LogP contribution < -0.4 is 10.2 Å². The highest BCUT2D eigenvalue weighted by Crippen LogP contribution is 2.22. The minimum Gasteiger partial charge on any atom is -0.488 e. The lowest BCUT2D eigenvalue weighted by Gasteiger charge is -2.20. The lowest BCUT2D eigenvalue weighted by atomic mass is 10.2. The third-order valence-electron chi connectivity index (χ3n) is 4.00. The van der Waals surface area contributed by atoms with E-state index >= 15 is 0 Å². The normalized spacial score (nSPS) is 15.8. The fourth-order valence-corrected chi connectivity index (χ4v) is 2.89. The van der Waals surface area contributed by atoms with Crippen LogP contribution in [0.15, 0.2) is 58.1 Å². The number of nitrogens with one attached hydrogen (secondary N) is 1. The number of carbonyl (C=O) groups is 1. The summed E-state index contributed by atoms with van der Waals surface area (Å²) in [5.74, 6) is -0.456. The Hall–Kier alpha value is -2.22. The van der Waals surface area contributed by atoms with Crippen molar-refractivity contribution >= 4 is 28.1 Å². The van der Waals surface area contributed by atoms with Crippen molar-refractivity contribution in [3.63, 3.8) is 0 Å². The van der Waals surface area contributed by atoms with E-state index < -0.39 is 5.79 Å². The Morgan fingerprint density at radius 2 is 1.93 bits per heavy atom. The molecule has 0 radical (unpaired) electrons. The first kappa shape index (κ1) is 19.5. The molecule has 0 unspecified atom stereocenters. The van der Waals surface area contributed by atoms with E-state index in [1.165, 1.54) is 0 Å². The number of amides is 1. The van der Waals surface area contributed by atoms with E-state index in [-0.39, 0.29) is 12.3 Å². The van der Waals surface area contributed by atoms with Gasteiger partial charge < -0.3 is 14.2 Å². The monoisotopic (exact) mass is 432 g/mol. The highest BCUT2D eigenvalue weighted by atomic mass is 79.9. The number of para-hydroxylation sites is 1. The summed E-state index contributed by atoms with van der Waals surface area (Å²) >= 11 is 3.42. The number of benzene rings is 2. The molecule has 3 rings (SSSR count). The molecule has 2 aromatic rings. The van der Waals surface area contributed by atoms with Crippen LogP contribution in [0, 0.1) is 0 Å². The molecule has 0 bridgehead atoms.